The molecule has 0 fully saturated rings. The fourth-order valence-electron chi connectivity index (χ4n) is 1.35. The summed E-state index contributed by atoms with van der Waals surface area (Å²) in [6.07, 6.45) is 0. The Morgan fingerprint density at radius 2 is 1.85 bits per heavy atom. The molecule has 3 nitrogen and oxygen atoms in total. The van der Waals surface area contributed by atoms with Crippen molar-refractivity contribution in [2.45, 2.75) is 19.3 Å². The van der Waals surface area contributed by atoms with E-state index in [0.717, 1.165) is 5.56 Å². The van der Waals surface area contributed by atoms with E-state index in [4.69, 9.17) is 4.89 Å². The smallest absolute Gasteiger partial charge is 0.287 e. The Labute approximate surface area is 76.2 Å². The lowest BCUT2D eigenvalue weighted by Crippen LogP contribution is -2.36. The van der Waals surface area contributed by atoms with Crippen molar-refractivity contribution < 1.29 is 14.6 Å². The van der Waals surface area contributed by atoms with Crippen LogP contribution in [0.1, 0.15) is 19.4 Å². The second-order valence-corrected chi connectivity index (χ2v) is 3.58. The van der Waals surface area contributed by atoms with Crippen LogP contribution in [0, 0.1) is 0 Å². The second-order valence-electron chi connectivity index (χ2n) is 3.58. The third-order valence-electron chi connectivity index (χ3n) is 2.28. The molecule has 1 aliphatic rings. The molecule has 0 atom stereocenters. The van der Waals surface area contributed by atoms with Gasteiger partial charge in [0.15, 0.2) is 5.75 Å². The number of hydrogen-bond donors (Lipinski definition) is 0. The minimum absolute atomic E-state index is 0.355. The average Bonchev–Trinajstić information content (AvgIpc) is 2.13. The first-order chi connectivity index (χ1) is 6.12. The molecule has 2 rings (SSSR count). The molecule has 0 aromatic heterocycles. The molecule has 0 aliphatic carbocycles. The molecule has 0 unspecified atom stereocenters. The molecule has 1 heterocycles. The molecular formula is C10H10O3. The van der Waals surface area contributed by atoms with Crippen molar-refractivity contribution in [2.75, 3.05) is 0 Å². The van der Waals surface area contributed by atoms with E-state index < -0.39 is 5.41 Å². The number of fused-ring (bicyclic) bond motifs is 1. The number of carbonyl (C=O) groups is 1. The van der Waals surface area contributed by atoms with Gasteiger partial charge >= 0.3 is 5.97 Å². The van der Waals surface area contributed by atoms with Gasteiger partial charge in [0.1, 0.15) is 0 Å². The number of carbonyl (C=O) groups excluding carboxylic acids is 1. The Kier molecular flexibility index (Phi) is 1.55. The molecule has 1 aliphatic heterocycles. The van der Waals surface area contributed by atoms with Crippen molar-refractivity contribution in [1.29, 1.82) is 0 Å². The predicted molar refractivity (Wildman–Crippen MR) is 46.2 cm³/mol. The standard InChI is InChI=1S/C10H10O3/c1-10(2)7-5-3-4-6-8(7)12-13-9(10)11/h3-6H,1-2H3. The van der Waals surface area contributed by atoms with Crippen LogP contribution >= 0.6 is 0 Å². The molecule has 0 N–H and O–H groups in total. The molecule has 0 bridgehead atoms. The van der Waals surface area contributed by atoms with Crippen LogP contribution in [0.15, 0.2) is 24.3 Å². The first kappa shape index (κ1) is 8.10. The van der Waals surface area contributed by atoms with Crippen molar-refractivity contribution in [3.63, 3.8) is 0 Å². The number of benzene rings is 1. The van der Waals surface area contributed by atoms with Gasteiger partial charge in [-0.2, -0.15) is 0 Å². The van der Waals surface area contributed by atoms with E-state index in [-0.39, 0.29) is 5.97 Å². The summed E-state index contributed by atoms with van der Waals surface area (Å²) in [4.78, 5) is 20.7. The van der Waals surface area contributed by atoms with Crippen LogP contribution in [-0.4, -0.2) is 5.97 Å². The molecule has 1 aromatic carbocycles. The maximum absolute atomic E-state index is 11.3. The van der Waals surface area contributed by atoms with Gasteiger partial charge in [0, 0.05) is 5.56 Å². The predicted octanol–water partition coefficient (Wildman–Crippen LogP) is 1.81. The Morgan fingerprint density at radius 3 is 2.62 bits per heavy atom. The maximum Gasteiger partial charge on any atom is 0.365 e. The lowest BCUT2D eigenvalue weighted by molar-refractivity contribution is -0.226. The van der Waals surface area contributed by atoms with E-state index in [2.05, 4.69) is 4.89 Å². The zero-order chi connectivity index (χ0) is 9.47. The number of hydrogen-bond acceptors (Lipinski definition) is 3. The third-order valence-corrected chi connectivity index (χ3v) is 2.28. The lowest BCUT2D eigenvalue weighted by Gasteiger charge is -2.27. The summed E-state index contributed by atoms with van der Waals surface area (Å²) >= 11 is 0. The van der Waals surface area contributed by atoms with Gasteiger partial charge in [0.2, 0.25) is 0 Å². The second kappa shape index (κ2) is 2.49. The van der Waals surface area contributed by atoms with Crippen LogP contribution in [0.2, 0.25) is 0 Å². The van der Waals surface area contributed by atoms with Crippen molar-refractivity contribution >= 4 is 5.97 Å². The molecule has 1 aromatic rings. The quantitative estimate of drug-likeness (QED) is 0.568. The Bertz CT molecular complexity index is 355. The minimum atomic E-state index is -0.616. The summed E-state index contributed by atoms with van der Waals surface area (Å²) in [6.45, 7) is 3.63. The fraction of sp³-hybridized carbons (Fsp3) is 0.300. The first-order valence-corrected chi connectivity index (χ1v) is 4.11. The number of para-hydroxylation sites is 1. The highest BCUT2D eigenvalue weighted by molar-refractivity contribution is 5.84. The summed E-state index contributed by atoms with van der Waals surface area (Å²) in [5.41, 5.74) is 0.251. The largest absolute Gasteiger partial charge is 0.365 e. The molecule has 0 radical (unpaired) electrons. The molecule has 68 valence electrons. The van der Waals surface area contributed by atoms with E-state index in [1.807, 2.05) is 32.0 Å². The van der Waals surface area contributed by atoms with Gasteiger partial charge in [-0.1, -0.05) is 18.2 Å². The van der Waals surface area contributed by atoms with Crippen LogP contribution < -0.4 is 4.89 Å². The SMILES string of the molecule is CC1(C)C(=O)OOc2ccccc21. The molecule has 0 saturated heterocycles. The van der Waals surface area contributed by atoms with Crippen molar-refractivity contribution in [3.8, 4) is 5.75 Å². The van der Waals surface area contributed by atoms with Crippen molar-refractivity contribution in [1.82, 2.24) is 0 Å². The highest BCUT2D eigenvalue weighted by Crippen LogP contribution is 2.36. The van der Waals surface area contributed by atoms with E-state index in [1.54, 1.807) is 6.07 Å². The monoisotopic (exact) mass is 178 g/mol. The van der Waals surface area contributed by atoms with E-state index in [0.29, 0.717) is 5.75 Å². The zero-order valence-corrected chi connectivity index (χ0v) is 7.53. The topological polar surface area (TPSA) is 35.5 Å². The van der Waals surface area contributed by atoms with Crippen LogP contribution in [0.3, 0.4) is 0 Å². The van der Waals surface area contributed by atoms with Gasteiger partial charge in [-0.05, 0) is 19.9 Å². The van der Waals surface area contributed by atoms with Crippen LogP contribution in [-0.2, 0) is 15.1 Å². The zero-order valence-electron chi connectivity index (χ0n) is 7.53. The third kappa shape index (κ3) is 1.08. The van der Waals surface area contributed by atoms with Gasteiger partial charge in [0.05, 0.1) is 5.41 Å². The van der Waals surface area contributed by atoms with Crippen LogP contribution in [0.4, 0.5) is 0 Å². The molecule has 0 spiro atoms. The molecular weight excluding hydrogens is 168 g/mol. The Balaban J connectivity index is 2.59. The molecule has 0 amide bonds. The summed E-state index contributed by atoms with van der Waals surface area (Å²) in [5.74, 6) is 0.262. The molecule has 13 heavy (non-hydrogen) atoms. The van der Waals surface area contributed by atoms with Crippen LogP contribution in [0.25, 0.3) is 0 Å². The molecule has 0 saturated carbocycles. The van der Waals surface area contributed by atoms with Gasteiger partial charge in [-0.15, -0.1) is 0 Å². The van der Waals surface area contributed by atoms with E-state index in [9.17, 15) is 4.79 Å². The Morgan fingerprint density at radius 1 is 1.15 bits per heavy atom. The lowest BCUT2D eigenvalue weighted by atomic mass is 9.84. The van der Waals surface area contributed by atoms with Crippen molar-refractivity contribution in [3.05, 3.63) is 29.8 Å². The molecule has 3 heteroatoms. The maximum atomic E-state index is 11.3. The van der Waals surface area contributed by atoms with E-state index >= 15 is 0 Å². The van der Waals surface area contributed by atoms with Crippen LogP contribution in [0.5, 0.6) is 5.75 Å². The van der Waals surface area contributed by atoms with Gasteiger partial charge in [-0.25, -0.2) is 9.68 Å². The normalized spacial score (nSPS) is 18.5. The van der Waals surface area contributed by atoms with Gasteiger partial charge in [0.25, 0.3) is 0 Å². The highest BCUT2D eigenvalue weighted by atomic mass is 17.2. The number of rotatable bonds is 0. The van der Waals surface area contributed by atoms with Crippen molar-refractivity contribution in [2.24, 2.45) is 0 Å². The van der Waals surface area contributed by atoms with Gasteiger partial charge < -0.3 is 0 Å². The summed E-state index contributed by atoms with van der Waals surface area (Å²) in [6, 6.07) is 7.37. The highest BCUT2D eigenvalue weighted by Gasteiger charge is 2.39. The fourth-order valence-corrected chi connectivity index (χ4v) is 1.35. The van der Waals surface area contributed by atoms with Gasteiger partial charge in [-0.3, -0.25) is 4.89 Å². The average molecular weight is 178 g/mol. The summed E-state index contributed by atoms with van der Waals surface area (Å²) in [7, 11) is 0. The Hall–Kier alpha value is -1.51. The van der Waals surface area contributed by atoms with E-state index in [1.165, 1.54) is 0 Å². The summed E-state index contributed by atoms with van der Waals surface area (Å²) < 4.78 is 0. The first-order valence-electron chi connectivity index (χ1n) is 4.11. The summed E-state index contributed by atoms with van der Waals surface area (Å²) in [5, 5.41) is 0. The minimum Gasteiger partial charge on any atom is -0.287 e.